The summed E-state index contributed by atoms with van der Waals surface area (Å²) in [5.74, 6) is -0.390. The lowest BCUT2D eigenvalue weighted by molar-refractivity contribution is -0.134. The second-order valence-electron chi connectivity index (χ2n) is 14.8. The first kappa shape index (κ1) is 37.3. The maximum Gasteiger partial charge on any atom is 0.411 e. The number of nitrogens with one attached hydrogen (secondary N) is 2. The second kappa shape index (κ2) is 17.6. The van der Waals surface area contributed by atoms with E-state index in [0.29, 0.717) is 25.2 Å². The van der Waals surface area contributed by atoms with Gasteiger partial charge in [0.1, 0.15) is 23.8 Å². The van der Waals surface area contributed by atoms with Crippen LogP contribution in [0.3, 0.4) is 0 Å². The molecule has 0 aromatic carbocycles. The van der Waals surface area contributed by atoms with Gasteiger partial charge in [-0.2, -0.15) is 0 Å². The smallest absolute Gasteiger partial charge is 0.411 e. The summed E-state index contributed by atoms with van der Waals surface area (Å²) < 4.78 is 5.72. The molecule has 9 nitrogen and oxygen atoms in total. The number of aliphatic hydroxyl groups is 2. The average Bonchev–Trinajstić information content (AvgIpc) is 2.94. The SMILES string of the molecule is CC[C@H](C)[C@H](NC(=O)[C@H](C)N(C(=O)OC(C)(C)C)C1CCCCC1)C(=O)N[C@@H](CC1CCCCC1)[C@@H](O)[C@@H](O)CC(C)C. The van der Waals surface area contributed by atoms with Gasteiger partial charge >= 0.3 is 6.09 Å². The summed E-state index contributed by atoms with van der Waals surface area (Å²) in [5, 5.41) is 28.0. The third-order valence-corrected chi connectivity index (χ3v) is 9.32. The van der Waals surface area contributed by atoms with E-state index in [1.165, 1.54) is 6.42 Å². The van der Waals surface area contributed by atoms with E-state index in [-0.39, 0.29) is 23.8 Å². The fourth-order valence-corrected chi connectivity index (χ4v) is 6.63. The standard InChI is InChI=1S/C34H63N3O6/c1-9-23(4)29(32(41)35-27(21-25-16-12-10-13-17-25)30(39)28(38)20-22(2)3)36-31(40)24(5)37(26-18-14-11-15-19-26)33(42)43-34(6,7)8/h22-30,38-39H,9-21H2,1-8H3,(H,35,41)(H,36,40)/t23-,24-,27-,28-,29-,30+/m0/s1. The summed E-state index contributed by atoms with van der Waals surface area (Å²) in [6.07, 6.45) is 9.37. The number of carbonyl (C=O) groups excluding carboxylic acids is 3. The van der Waals surface area contributed by atoms with Gasteiger partial charge in [-0.25, -0.2) is 4.79 Å². The minimum absolute atomic E-state index is 0.0994. The Morgan fingerprint density at radius 1 is 0.860 bits per heavy atom. The molecule has 0 saturated heterocycles. The summed E-state index contributed by atoms with van der Waals surface area (Å²) in [6, 6.07) is -2.40. The Labute approximate surface area is 261 Å². The molecule has 0 aromatic rings. The van der Waals surface area contributed by atoms with Crippen molar-refractivity contribution in [3.63, 3.8) is 0 Å². The van der Waals surface area contributed by atoms with E-state index in [0.717, 1.165) is 57.8 Å². The third kappa shape index (κ3) is 12.2. The van der Waals surface area contributed by atoms with Crippen molar-refractivity contribution in [3.8, 4) is 0 Å². The molecular formula is C34H63N3O6. The van der Waals surface area contributed by atoms with Gasteiger partial charge in [0.15, 0.2) is 0 Å². The first-order valence-electron chi connectivity index (χ1n) is 17.1. The van der Waals surface area contributed by atoms with Gasteiger partial charge in [0.25, 0.3) is 0 Å². The maximum absolute atomic E-state index is 13.9. The Kier molecular flexibility index (Phi) is 15.3. The predicted molar refractivity (Wildman–Crippen MR) is 170 cm³/mol. The monoisotopic (exact) mass is 609 g/mol. The molecule has 2 fully saturated rings. The summed E-state index contributed by atoms with van der Waals surface area (Å²) in [6.45, 7) is 15.0. The third-order valence-electron chi connectivity index (χ3n) is 9.32. The Morgan fingerprint density at radius 3 is 1.93 bits per heavy atom. The first-order valence-corrected chi connectivity index (χ1v) is 17.1. The molecule has 2 rings (SSSR count). The molecule has 6 atom stereocenters. The zero-order chi connectivity index (χ0) is 32.3. The maximum atomic E-state index is 13.9. The van der Waals surface area contributed by atoms with Crippen molar-refractivity contribution in [2.75, 3.05) is 0 Å². The van der Waals surface area contributed by atoms with E-state index in [9.17, 15) is 24.6 Å². The Bertz CT molecular complexity index is 863. The van der Waals surface area contributed by atoms with Crippen LogP contribution in [0.15, 0.2) is 0 Å². The quantitative estimate of drug-likeness (QED) is 0.200. The van der Waals surface area contributed by atoms with Gasteiger partial charge in [-0.15, -0.1) is 0 Å². The lowest BCUT2D eigenvalue weighted by atomic mass is 9.82. The molecule has 3 amide bonds. The minimum atomic E-state index is -1.10. The van der Waals surface area contributed by atoms with Crippen LogP contribution >= 0.6 is 0 Å². The number of aliphatic hydroxyl groups excluding tert-OH is 2. The Morgan fingerprint density at radius 2 is 1.42 bits per heavy atom. The first-order chi connectivity index (χ1) is 20.1. The van der Waals surface area contributed by atoms with Crippen LogP contribution in [0.5, 0.6) is 0 Å². The van der Waals surface area contributed by atoms with Gasteiger partial charge in [0, 0.05) is 6.04 Å². The highest BCUT2D eigenvalue weighted by Gasteiger charge is 2.39. The van der Waals surface area contributed by atoms with E-state index >= 15 is 0 Å². The van der Waals surface area contributed by atoms with E-state index in [1.807, 2.05) is 48.5 Å². The van der Waals surface area contributed by atoms with Crippen molar-refractivity contribution < 1.29 is 29.3 Å². The van der Waals surface area contributed by atoms with Crippen molar-refractivity contribution >= 4 is 17.9 Å². The van der Waals surface area contributed by atoms with E-state index in [1.54, 1.807) is 11.8 Å². The zero-order valence-electron chi connectivity index (χ0n) is 28.4. The summed E-state index contributed by atoms with van der Waals surface area (Å²) >= 11 is 0. The van der Waals surface area contributed by atoms with Gasteiger partial charge in [-0.05, 0) is 71.1 Å². The molecule has 2 saturated carbocycles. The molecule has 250 valence electrons. The zero-order valence-corrected chi connectivity index (χ0v) is 28.4. The highest BCUT2D eigenvalue weighted by atomic mass is 16.6. The van der Waals surface area contributed by atoms with Crippen LogP contribution in [0.4, 0.5) is 4.79 Å². The molecule has 0 bridgehead atoms. The molecule has 0 heterocycles. The van der Waals surface area contributed by atoms with Crippen LogP contribution in [-0.2, 0) is 14.3 Å². The van der Waals surface area contributed by atoms with E-state index in [4.69, 9.17) is 4.74 Å². The van der Waals surface area contributed by atoms with Crippen molar-refractivity contribution in [1.29, 1.82) is 0 Å². The predicted octanol–water partition coefficient (Wildman–Crippen LogP) is 5.70. The number of hydrogen-bond donors (Lipinski definition) is 4. The van der Waals surface area contributed by atoms with Crippen LogP contribution in [0.1, 0.15) is 139 Å². The fourth-order valence-electron chi connectivity index (χ4n) is 6.63. The molecule has 0 aromatic heterocycles. The van der Waals surface area contributed by atoms with E-state index in [2.05, 4.69) is 10.6 Å². The molecule has 43 heavy (non-hydrogen) atoms. The van der Waals surface area contributed by atoms with Crippen LogP contribution in [0.25, 0.3) is 0 Å². The van der Waals surface area contributed by atoms with Crippen molar-refractivity contribution in [3.05, 3.63) is 0 Å². The van der Waals surface area contributed by atoms with Gasteiger partial charge in [-0.3, -0.25) is 14.5 Å². The van der Waals surface area contributed by atoms with Crippen molar-refractivity contribution in [2.45, 2.75) is 181 Å². The number of nitrogens with zero attached hydrogens (tertiary/aromatic N) is 1. The van der Waals surface area contributed by atoms with Gasteiger partial charge in [0.2, 0.25) is 11.8 Å². The van der Waals surface area contributed by atoms with Crippen LogP contribution < -0.4 is 10.6 Å². The molecule has 2 aliphatic rings. The van der Waals surface area contributed by atoms with Crippen LogP contribution in [0, 0.1) is 17.8 Å². The Hall–Kier alpha value is -1.87. The van der Waals surface area contributed by atoms with Crippen molar-refractivity contribution in [2.24, 2.45) is 17.8 Å². The lowest BCUT2D eigenvalue weighted by Crippen LogP contribution is -2.60. The molecule has 0 aliphatic heterocycles. The van der Waals surface area contributed by atoms with Gasteiger partial charge in [-0.1, -0.05) is 85.5 Å². The van der Waals surface area contributed by atoms with E-state index < -0.39 is 47.9 Å². The molecular weight excluding hydrogens is 546 g/mol. The largest absolute Gasteiger partial charge is 0.444 e. The topological polar surface area (TPSA) is 128 Å². The average molecular weight is 610 g/mol. The molecule has 0 radical (unpaired) electrons. The van der Waals surface area contributed by atoms with Gasteiger partial charge < -0.3 is 25.6 Å². The number of carbonyl (C=O) groups is 3. The van der Waals surface area contributed by atoms with Gasteiger partial charge in [0.05, 0.1) is 12.1 Å². The summed E-state index contributed by atoms with van der Waals surface area (Å²) in [5.41, 5.74) is -0.701. The minimum Gasteiger partial charge on any atom is -0.444 e. The number of ether oxygens (including phenoxy) is 1. The number of amides is 3. The second-order valence-corrected chi connectivity index (χ2v) is 14.8. The molecule has 4 N–H and O–H groups in total. The molecule has 9 heteroatoms. The molecule has 2 aliphatic carbocycles. The van der Waals surface area contributed by atoms with Crippen LogP contribution in [0.2, 0.25) is 0 Å². The lowest BCUT2D eigenvalue weighted by Gasteiger charge is -2.39. The summed E-state index contributed by atoms with van der Waals surface area (Å²) in [7, 11) is 0. The van der Waals surface area contributed by atoms with Crippen molar-refractivity contribution in [1.82, 2.24) is 15.5 Å². The van der Waals surface area contributed by atoms with Crippen LogP contribution in [-0.4, -0.2) is 75.0 Å². The number of hydrogen-bond acceptors (Lipinski definition) is 6. The molecule has 0 spiro atoms. The normalized spacial score (nSPS) is 21.3. The molecule has 0 unspecified atom stereocenters. The highest BCUT2D eigenvalue weighted by Crippen LogP contribution is 2.30. The Balaban J connectivity index is 2.25. The fraction of sp³-hybridized carbons (Fsp3) is 0.912. The highest BCUT2D eigenvalue weighted by molar-refractivity contribution is 5.91. The summed E-state index contributed by atoms with van der Waals surface area (Å²) in [4.78, 5) is 42.6. The number of rotatable bonds is 14.